The molecule has 0 radical (unpaired) electrons. The second kappa shape index (κ2) is 9.86. The number of carbonyl (C=O) groups excluding carboxylic acids is 3. The molecule has 8 heteroatoms. The number of likely N-dealkylation sites (tertiary alicyclic amines) is 1. The summed E-state index contributed by atoms with van der Waals surface area (Å²) in [5.74, 6) is -0.613. The first-order valence-corrected chi connectivity index (χ1v) is 10.6. The lowest BCUT2D eigenvalue weighted by Gasteiger charge is -2.31. The van der Waals surface area contributed by atoms with Crippen molar-refractivity contribution in [3.05, 3.63) is 64.6 Å². The van der Waals surface area contributed by atoms with Crippen LogP contribution in [0.3, 0.4) is 0 Å². The number of amides is 4. The molecule has 2 aromatic rings. The first-order chi connectivity index (χ1) is 14.4. The minimum Gasteiger partial charge on any atom is -0.329 e. The fraction of sp³-hybridized carbons (Fsp3) is 0.318. The van der Waals surface area contributed by atoms with Gasteiger partial charge in [0.15, 0.2) is 0 Å². The summed E-state index contributed by atoms with van der Waals surface area (Å²) in [5, 5.41) is 5.00. The zero-order chi connectivity index (χ0) is 21.7. The van der Waals surface area contributed by atoms with Crippen LogP contribution in [0, 0.1) is 0 Å². The third-order valence-corrected chi connectivity index (χ3v) is 5.57. The number of nitrogens with one attached hydrogen (secondary N) is 2. The van der Waals surface area contributed by atoms with Gasteiger partial charge in [0.2, 0.25) is 5.91 Å². The molecule has 0 saturated carbocycles. The van der Waals surface area contributed by atoms with Gasteiger partial charge >= 0.3 is 6.03 Å². The van der Waals surface area contributed by atoms with E-state index in [2.05, 4.69) is 26.6 Å². The highest BCUT2D eigenvalue weighted by Crippen LogP contribution is 2.26. The number of hydrogen-bond acceptors (Lipinski definition) is 4. The van der Waals surface area contributed by atoms with E-state index in [0.717, 1.165) is 10.0 Å². The first-order valence-electron chi connectivity index (χ1n) is 9.76. The monoisotopic (exact) mass is 472 g/mol. The van der Waals surface area contributed by atoms with Gasteiger partial charge in [-0.25, -0.2) is 4.79 Å². The molecule has 1 aliphatic rings. The molecule has 1 heterocycles. The average molecular weight is 473 g/mol. The number of rotatable bonds is 5. The number of likely N-dealkylation sites (N-methyl/N-ethyl adjacent to an activating group) is 1. The van der Waals surface area contributed by atoms with E-state index >= 15 is 0 Å². The molecule has 158 valence electrons. The average Bonchev–Trinajstić information content (AvgIpc) is 3.20. The van der Waals surface area contributed by atoms with Crippen LogP contribution in [-0.2, 0) is 9.59 Å². The van der Waals surface area contributed by atoms with E-state index < -0.39 is 24.0 Å². The molecule has 0 spiro atoms. The zero-order valence-corrected chi connectivity index (χ0v) is 18.6. The first kappa shape index (κ1) is 22.0. The van der Waals surface area contributed by atoms with Gasteiger partial charge in [-0.15, -0.1) is 0 Å². The number of nitrogens with zero attached hydrogens (tertiary/aromatic N) is 2. The van der Waals surface area contributed by atoms with Crippen LogP contribution < -0.4 is 10.6 Å². The number of benzene rings is 2. The Morgan fingerprint density at radius 1 is 1.07 bits per heavy atom. The van der Waals surface area contributed by atoms with E-state index in [9.17, 15) is 14.4 Å². The highest BCUT2D eigenvalue weighted by atomic mass is 79.9. The van der Waals surface area contributed by atoms with Crippen molar-refractivity contribution in [2.75, 3.05) is 26.0 Å². The van der Waals surface area contributed by atoms with Crippen molar-refractivity contribution in [1.82, 2.24) is 15.1 Å². The van der Waals surface area contributed by atoms with E-state index in [1.807, 2.05) is 49.3 Å². The highest BCUT2D eigenvalue weighted by molar-refractivity contribution is 9.10. The van der Waals surface area contributed by atoms with Crippen molar-refractivity contribution < 1.29 is 14.4 Å². The molecule has 2 atom stereocenters. The molecule has 30 heavy (non-hydrogen) atoms. The standard InChI is InChI=1S/C22H25BrN4O3/c1-26(2)19(15-7-4-3-5-8-15)21(29)27-14-6-9-18(27)20(28)25-22(30)24-17-12-10-16(23)11-13-17/h3-5,7-8,10-13,18-19H,6,9,14H2,1-2H3,(H2,24,25,28,30)/t18?,19-/m0/s1. The number of urea groups is 1. The summed E-state index contributed by atoms with van der Waals surface area (Å²) in [6, 6.07) is 14.7. The maximum absolute atomic E-state index is 13.3. The molecule has 7 nitrogen and oxygen atoms in total. The van der Waals surface area contributed by atoms with E-state index in [0.29, 0.717) is 25.1 Å². The quantitative estimate of drug-likeness (QED) is 0.698. The van der Waals surface area contributed by atoms with Gasteiger partial charge < -0.3 is 10.2 Å². The van der Waals surface area contributed by atoms with E-state index in [1.165, 1.54) is 0 Å². The van der Waals surface area contributed by atoms with Crippen molar-refractivity contribution in [2.24, 2.45) is 0 Å². The molecule has 1 fully saturated rings. The number of carbonyl (C=O) groups is 3. The van der Waals surface area contributed by atoms with Crippen molar-refractivity contribution in [3.8, 4) is 0 Å². The number of hydrogen-bond donors (Lipinski definition) is 2. The summed E-state index contributed by atoms with van der Waals surface area (Å²) >= 11 is 3.33. The molecule has 0 aliphatic carbocycles. The lowest BCUT2D eigenvalue weighted by Crippen LogP contribution is -2.51. The molecule has 0 aromatic heterocycles. The van der Waals surface area contributed by atoms with E-state index in [1.54, 1.807) is 29.2 Å². The van der Waals surface area contributed by atoms with E-state index in [-0.39, 0.29) is 5.91 Å². The molecule has 3 rings (SSSR count). The molecule has 1 unspecified atom stereocenters. The fourth-order valence-corrected chi connectivity index (χ4v) is 3.91. The molecule has 0 bridgehead atoms. The van der Waals surface area contributed by atoms with Gasteiger partial charge in [0.05, 0.1) is 0 Å². The normalized spacial score (nSPS) is 16.9. The summed E-state index contributed by atoms with van der Waals surface area (Å²) in [7, 11) is 3.68. The minimum atomic E-state index is -0.667. The van der Waals surface area contributed by atoms with Crippen molar-refractivity contribution in [3.63, 3.8) is 0 Å². The molecule has 2 aromatic carbocycles. The van der Waals surface area contributed by atoms with E-state index in [4.69, 9.17) is 0 Å². The lowest BCUT2D eigenvalue weighted by atomic mass is 10.0. The van der Waals surface area contributed by atoms with Crippen LogP contribution in [0.1, 0.15) is 24.4 Å². The third-order valence-electron chi connectivity index (χ3n) is 5.04. The summed E-state index contributed by atoms with van der Waals surface area (Å²) in [4.78, 5) is 41.7. The van der Waals surface area contributed by atoms with Gasteiger partial charge in [0.25, 0.3) is 5.91 Å². The Labute approximate surface area is 184 Å². The number of imide groups is 1. The van der Waals surface area contributed by atoms with Crippen LogP contribution in [0.4, 0.5) is 10.5 Å². The molecular formula is C22H25BrN4O3. The van der Waals surface area contributed by atoms with Crippen LogP contribution in [0.5, 0.6) is 0 Å². The smallest absolute Gasteiger partial charge is 0.325 e. The van der Waals surface area contributed by atoms with Crippen LogP contribution in [0.25, 0.3) is 0 Å². The van der Waals surface area contributed by atoms with Crippen molar-refractivity contribution >= 4 is 39.5 Å². The molecule has 1 saturated heterocycles. The maximum atomic E-state index is 13.3. The third kappa shape index (κ3) is 5.25. The van der Waals surface area contributed by atoms with Crippen LogP contribution in [-0.4, -0.2) is 54.3 Å². The zero-order valence-electron chi connectivity index (χ0n) is 17.0. The summed E-state index contributed by atoms with van der Waals surface area (Å²) < 4.78 is 0.888. The molecule has 1 aliphatic heterocycles. The topological polar surface area (TPSA) is 81.8 Å². The Kier molecular flexibility index (Phi) is 7.23. The highest BCUT2D eigenvalue weighted by Gasteiger charge is 2.38. The fourth-order valence-electron chi connectivity index (χ4n) is 3.65. The van der Waals surface area contributed by atoms with Crippen LogP contribution in [0.15, 0.2) is 59.1 Å². The van der Waals surface area contributed by atoms with Crippen LogP contribution in [0.2, 0.25) is 0 Å². The molecule has 2 N–H and O–H groups in total. The van der Waals surface area contributed by atoms with Gasteiger partial charge in [-0.2, -0.15) is 0 Å². The number of anilines is 1. The minimum absolute atomic E-state index is 0.142. The summed E-state index contributed by atoms with van der Waals surface area (Å²) in [6.07, 6.45) is 1.24. The predicted molar refractivity (Wildman–Crippen MR) is 119 cm³/mol. The SMILES string of the molecule is CN(C)[C@H](C(=O)N1CCCC1C(=O)NC(=O)Nc1ccc(Br)cc1)c1ccccc1. The van der Waals surface area contributed by atoms with Gasteiger partial charge in [-0.1, -0.05) is 46.3 Å². The summed E-state index contributed by atoms with van der Waals surface area (Å²) in [6.45, 7) is 0.489. The Morgan fingerprint density at radius 2 is 1.73 bits per heavy atom. The van der Waals surface area contributed by atoms with Crippen LogP contribution >= 0.6 is 15.9 Å². The lowest BCUT2D eigenvalue weighted by molar-refractivity contribution is -0.141. The van der Waals surface area contributed by atoms with Gasteiger partial charge in [0.1, 0.15) is 12.1 Å². The molecular weight excluding hydrogens is 448 g/mol. The van der Waals surface area contributed by atoms with Gasteiger partial charge in [0, 0.05) is 16.7 Å². The maximum Gasteiger partial charge on any atom is 0.325 e. The Hall–Kier alpha value is -2.71. The van der Waals surface area contributed by atoms with Gasteiger partial charge in [-0.3, -0.25) is 19.8 Å². The molecule has 4 amide bonds. The Balaban J connectivity index is 1.67. The number of halogens is 1. The second-order valence-corrected chi connectivity index (χ2v) is 8.33. The van der Waals surface area contributed by atoms with Gasteiger partial charge in [-0.05, 0) is 56.8 Å². The van der Waals surface area contributed by atoms with Crippen molar-refractivity contribution in [2.45, 2.75) is 24.9 Å². The Bertz CT molecular complexity index is 902. The predicted octanol–water partition coefficient (Wildman–Crippen LogP) is 3.39. The van der Waals surface area contributed by atoms with Crippen molar-refractivity contribution in [1.29, 1.82) is 0 Å². The summed E-state index contributed by atoms with van der Waals surface area (Å²) in [5.41, 5.74) is 1.44. The Morgan fingerprint density at radius 3 is 2.37 bits per heavy atom. The largest absolute Gasteiger partial charge is 0.329 e. The second-order valence-electron chi connectivity index (χ2n) is 7.42.